The molecule has 0 aromatic carbocycles. The van der Waals surface area contributed by atoms with Crippen LogP contribution in [0.1, 0.15) is 51.6 Å². The second-order valence-electron chi connectivity index (χ2n) is 7.53. The fraction of sp³-hybridized carbons (Fsp3) is 0.700. The van der Waals surface area contributed by atoms with Crippen LogP contribution >= 0.6 is 0 Å². The van der Waals surface area contributed by atoms with Crippen molar-refractivity contribution in [2.24, 2.45) is 0 Å². The summed E-state index contributed by atoms with van der Waals surface area (Å²) in [6.07, 6.45) is 7.73. The first-order valence-electron chi connectivity index (χ1n) is 9.68. The second-order valence-corrected chi connectivity index (χ2v) is 7.53. The molecule has 2 aliphatic heterocycles. The molecule has 0 N–H and O–H groups in total. The molecule has 2 fully saturated rings. The van der Waals surface area contributed by atoms with Gasteiger partial charge in [0.2, 0.25) is 5.91 Å². The zero-order valence-corrected chi connectivity index (χ0v) is 15.6. The molecule has 25 heavy (non-hydrogen) atoms. The zero-order chi connectivity index (χ0) is 17.6. The maximum Gasteiger partial charge on any atom is 0.237 e. The van der Waals surface area contributed by atoms with Crippen LogP contribution in [-0.2, 0) is 16.1 Å². The van der Waals surface area contributed by atoms with Gasteiger partial charge in [-0.1, -0.05) is 12.5 Å². The first-order chi connectivity index (χ1) is 12.1. The highest BCUT2D eigenvalue weighted by atomic mass is 16.5. The molecule has 138 valence electrons. The summed E-state index contributed by atoms with van der Waals surface area (Å²) in [5, 5.41) is 0. The van der Waals surface area contributed by atoms with Crippen LogP contribution in [0.5, 0.6) is 0 Å². The van der Waals surface area contributed by atoms with Crippen molar-refractivity contribution in [2.75, 3.05) is 19.7 Å². The number of carbonyl (C=O) groups excluding carboxylic acids is 1. The molecule has 3 heterocycles. The lowest BCUT2D eigenvalue weighted by Gasteiger charge is -2.39. The topological polar surface area (TPSA) is 45.7 Å². The Morgan fingerprint density at radius 1 is 1.24 bits per heavy atom. The van der Waals surface area contributed by atoms with Crippen molar-refractivity contribution in [3.63, 3.8) is 0 Å². The van der Waals surface area contributed by atoms with E-state index in [1.54, 1.807) is 6.20 Å². The van der Waals surface area contributed by atoms with Gasteiger partial charge in [-0.2, -0.15) is 0 Å². The highest BCUT2D eigenvalue weighted by Gasteiger charge is 2.29. The molecule has 0 aliphatic carbocycles. The fourth-order valence-electron chi connectivity index (χ4n) is 4.02. The third-order valence-corrected chi connectivity index (χ3v) is 5.57. The Balaban J connectivity index is 1.67. The van der Waals surface area contributed by atoms with E-state index in [1.807, 2.05) is 23.1 Å². The van der Waals surface area contributed by atoms with Crippen molar-refractivity contribution in [3.05, 3.63) is 30.1 Å². The van der Waals surface area contributed by atoms with Crippen molar-refractivity contribution in [3.8, 4) is 0 Å². The van der Waals surface area contributed by atoms with Crippen LogP contribution in [-0.4, -0.2) is 58.6 Å². The summed E-state index contributed by atoms with van der Waals surface area (Å²) < 4.78 is 5.78. The lowest BCUT2D eigenvalue weighted by atomic mass is 9.97. The highest BCUT2D eigenvalue weighted by molar-refractivity contribution is 5.78. The van der Waals surface area contributed by atoms with E-state index in [1.165, 1.54) is 19.3 Å². The molecule has 0 spiro atoms. The average molecular weight is 345 g/mol. The average Bonchev–Trinajstić information content (AvgIpc) is 3.11. The van der Waals surface area contributed by atoms with E-state index < -0.39 is 0 Å². The largest absolute Gasteiger partial charge is 0.376 e. The van der Waals surface area contributed by atoms with E-state index in [9.17, 15) is 4.79 Å². The molecule has 5 nitrogen and oxygen atoms in total. The predicted molar refractivity (Wildman–Crippen MR) is 98.1 cm³/mol. The number of hydrogen-bond donors (Lipinski definition) is 0. The maximum atomic E-state index is 13.1. The normalized spacial score (nSPS) is 27.4. The predicted octanol–water partition coefficient (Wildman–Crippen LogP) is 2.85. The van der Waals surface area contributed by atoms with Gasteiger partial charge in [-0.15, -0.1) is 0 Å². The standard InChI is InChI=1S/C20H31N3O2/c1-16-7-5-8-17(2)23(16)15-20(24)22(14-19-10-6-12-25-19)13-18-9-3-4-11-21-18/h3-4,9,11,16-17,19H,5-8,10,12-15H2,1-2H3/t16-,17+,19?. The summed E-state index contributed by atoms with van der Waals surface area (Å²) >= 11 is 0. The van der Waals surface area contributed by atoms with Gasteiger partial charge in [-0.05, 0) is 51.7 Å². The van der Waals surface area contributed by atoms with Crippen molar-refractivity contribution in [2.45, 2.75) is 70.7 Å². The third kappa shape index (κ3) is 5.02. The van der Waals surface area contributed by atoms with Crippen LogP contribution < -0.4 is 0 Å². The smallest absolute Gasteiger partial charge is 0.237 e. The molecule has 1 unspecified atom stereocenters. The van der Waals surface area contributed by atoms with Gasteiger partial charge in [0, 0.05) is 31.4 Å². The molecule has 1 aromatic rings. The monoisotopic (exact) mass is 345 g/mol. The number of pyridine rings is 1. The summed E-state index contributed by atoms with van der Waals surface area (Å²) in [5.41, 5.74) is 0.939. The first kappa shape index (κ1) is 18.3. The maximum absolute atomic E-state index is 13.1. The molecule has 5 heteroatoms. The molecular weight excluding hydrogens is 314 g/mol. The Kier molecular flexibility index (Phi) is 6.43. The molecule has 0 bridgehead atoms. The van der Waals surface area contributed by atoms with Gasteiger partial charge in [0.25, 0.3) is 0 Å². The summed E-state index contributed by atoms with van der Waals surface area (Å²) in [7, 11) is 0. The van der Waals surface area contributed by atoms with E-state index in [4.69, 9.17) is 4.74 Å². The highest BCUT2D eigenvalue weighted by Crippen LogP contribution is 2.23. The van der Waals surface area contributed by atoms with Gasteiger partial charge >= 0.3 is 0 Å². The van der Waals surface area contributed by atoms with E-state index in [0.717, 1.165) is 25.1 Å². The number of amides is 1. The molecule has 0 saturated carbocycles. The number of carbonyl (C=O) groups is 1. The second kappa shape index (κ2) is 8.77. The first-order valence-corrected chi connectivity index (χ1v) is 9.68. The number of piperidine rings is 1. The molecule has 1 aromatic heterocycles. The van der Waals surface area contributed by atoms with Gasteiger partial charge in [-0.25, -0.2) is 0 Å². The molecule has 2 saturated heterocycles. The number of rotatable bonds is 6. The molecule has 0 radical (unpaired) electrons. The van der Waals surface area contributed by atoms with Crippen LogP contribution in [0.15, 0.2) is 24.4 Å². The molecule has 3 atom stereocenters. The Bertz CT molecular complexity index is 535. The number of hydrogen-bond acceptors (Lipinski definition) is 4. The van der Waals surface area contributed by atoms with Crippen LogP contribution in [0.4, 0.5) is 0 Å². The minimum absolute atomic E-state index is 0.170. The number of nitrogens with zero attached hydrogens (tertiary/aromatic N) is 3. The zero-order valence-electron chi connectivity index (χ0n) is 15.6. The SMILES string of the molecule is C[C@@H]1CCC[C@H](C)N1CC(=O)N(Cc1ccccn1)CC1CCCO1. The van der Waals surface area contributed by atoms with Gasteiger partial charge in [0.1, 0.15) is 0 Å². The minimum atomic E-state index is 0.170. The third-order valence-electron chi connectivity index (χ3n) is 5.57. The molecule has 2 aliphatic rings. The van der Waals surface area contributed by atoms with Gasteiger partial charge < -0.3 is 9.64 Å². The Morgan fingerprint density at radius 3 is 2.68 bits per heavy atom. The van der Waals surface area contributed by atoms with Gasteiger partial charge in [0.15, 0.2) is 0 Å². The lowest BCUT2D eigenvalue weighted by molar-refractivity contribution is -0.136. The fourth-order valence-corrected chi connectivity index (χ4v) is 4.02. The summed E-state index contributed by atoms with van der Waals surface area (Å²) in [5.74, 6) is 0.196. The van der Waals surface area contributed by atoms with Crippen molar-refractivity contribution in [1.29, 1.82) is 0 Å². The van der Waals surface area contributed by atoms with Crippen LogP contribution in [0.3, 0.4) is 0 Å². The summed E-state index contributed by atoms with van der Waals surface area (Å²) in [6.45, 7) is 7.04. The molecule has 1 amide bonds. The van der Waals surface area contributed by atoms with Crippen molar-refractivity contribution >= 4 is 5.91 Å². The summed E-state index contributed by atoms with van der Waals surface area (Å²) in [4.78, 5) is 21.8. The van der Waals surface area contributed by atoms with E-state index >= 15 is 0 Å². The molecule has 3 rings (SSSR count). The number of likely N-dealkylation sites (tertiary alicyclic amines) is 1. The van der Waals surface area contributed by atoms with Crippen LogP contribution in [0.2, 0.25) is 0 Å². The summed E-state index contributed by atoms with van der Waals surface area (Å²) in [6, 6.07) is 6.83. The quantitative estimate of drug-likeness (QED) is 0.795. The number of aromatic nitrogens is 1. The van der Waals surface area contributed by atoms with Crippen LogP contribution in [0.25, 0.3) is 0 Å². The van der Waals surface area contributed by atoms with E-state index in [0.29, 0.717) is 31.7 Å². The van der Waals surface area contributed by atoms with E-state index in [2.05, 4.69) is 23.7 Å². The van der Waals surface area contributed by atoms with Crippen molar-refractivity contribution in [1.82, 2.24) is 14.8 Å². The van der Waals surface area contributed by atoms with Crippen molar-refractivity contribution < 1.29 is 9.53 Å². The van der Waals surface area contributed by atoms with Crippen LogP contribution in [0, 0.1) is 0 Å². The minimum Gasteiger partial charge on any atom is -0.376 e. The number of ether oxygens (including phenoxy) is 1. The van der Waals surface area contributed by atoms with Gasteiger partial charge in [0.05, 0.1) is 24.9 Å². The Labute approximate surface area is 151 Å². The lowest BCUT2D eigenvalue weighted by Crippen LogP contribution is -2.50. The van der Waals surface area contributed by atoms with Gasteiger partial charge in [-0.3, -0.25) is 14.7 Å². The Hall–Kier alpha value is -1.46. The Morgan fingerprint density at radius 2 is 2.04 bits per heavy atom. The van der Waals surface area contributed by atoms with E-state index in [-0.39, 0.29) is 12.0 Å². The molecular formula is C20H31N3O2.